The van der Waals surface area contributed by atoms with E-state index in [0.717, 1.165) is 0 Å². The maximum absolute atomic E-state index is 11.9. The van der Waals surface area contributed by atoms with Crippen LogP contribution in [0, 0.1) is 0 Å². The Labute approximate surface area is 103 Å². The Hall–Kier alpha value is -1.98. The molecule has 0 atom stereocenters. The Bertz CT molecular complexity index is 449. The number of alkyl halides is 3. The first-order valence-electron chi connectivity index (χ1n) is 5.40. The molecule has 0 radical (unpaired) electrons. The first-order valence-corrected chi connectivity index (χ1v) is 5.40. The number of rotatable bonds is 2. The fourth-order valence-corrected chi connectivity index (χ4v) is 1.22. The second kappa shape index (κ2) is 6.09. The third-order valence-electron chi connectivity index (χ3n) is 1.84. The van der Waals surface area contributed by atoms with Gasteiger partial charge in [0.05, 0.1) is 5.69 Å². The predicted octanol–water partition coefficient (Wildman–Crippen LogP) is 3.80. The maximum Gasteiger partial charge on any atom is 0.573 e. The summed E-state index contributed by atoms with van der Waals surface area (Å²) in [4.78, 5) is 0. The van der Waals surface area contributed by atoms with Gasteiger partial charge in [-0.2, -0.15) is 5.10 Å². The van der Waals surface area contributed by atoms with Crippen LogP contribution in [0.5, 0.6) is 5.75 Å². The molecule has 0 bridgehead atoms. The van der Waals surface area contributed by atoms with E-state index in [2.05, 4.69) is 9.84 Å². The Balaban J connectivity index is 0.000000771. The van der Waals surface area contributed by atoms with Crippen molar-refractivity contribution in [3.8, 4) is 11.4 Å². The predicted molar refractivity (Wildman–Crippen MR) is 61.6 cm³/mol. The Morgan fingerprint density at radius 3 is 2.17 bits per heavy atom. The molecule has 98 valence electrons. The standard InChI is InChI=1S/C10H7F3N2O.C2H6/c11-10(12,13)16-9-4-2-8(3-5-9)15-7-1-6-14-15;1-2/h1-7H;1-2H3. The highest BCUT2D eigenvalue weighted by atomic mass is 19.4. The Kier molecular flexibility index (Phi) is 4.76. The fourth-order valence-electron chi connectivity index (χ4n) is 1.22. The van der Waals surface area contributed by atoms with Crippen molar-refractivity contribution in [1.82, 2.24) is 9.78 Å². The summed E-state index contributed by atoms with van der Waals surface area (Å²) >= 11 is 0. The van der Waals surface area contributed by atoms with Crippen molar-refractivity contribution in [2.75, 3.05) is 0 Å². The van der Waals surface area contributed by atoms with E-state index >= 15 is 0 Å². The van der Waals surface area contributed by atoms with Crippen LogP contribution in [0.2, 0.25) is 0 Å². The van der Waals surface area contributed by atoms with Crippen LogP contribution >= 0.6 is 0 Å². The average Bonchev–Trinajstić information content (AvgIpc) is 2.84. The van der Waals surface area contributed by atoms with E-state index in [0.29, 0.717) is 5.69 Å². The average molecular weight is 258 g/mol. The summed E-state index contributed by atoms with van der Waals surface area (Å²) in [6, 6.07) is 7.19. The highest BCUT2D eigenvalue weighted by Gasteiger charge is 2.30. The van der Waals surface area contributed by atoms with Crippen molar-refractivity contribution in [2.45, 2.75) is 20.2 Å². The molecule has 0 spiro atoms. The number of hydrogen-bond donors (Lipinski definition) is 0. The molecule has 0 aliphatic heterocycles. The molecule has 1 aromatic heterocycles. The zero-order chi connectivity index (χ0) is 13.6. The van der Waals surface area contributed by atoms with E-state index in [-0.39, 0.29) is 5.75 Å². The molecule has 0 amide bonds. The van der Waals surface area contributed by atoms with Crippen molar-refractivity contribution >= 4 is 0 Å². The summed E-state index contributed by atoms with van der Waals surface area (Å²) in [5, 5.41) is 3.94. The van der Waals surface area contributed by atoms with E-state index in [1.54, 1.807) is 18.5 Å². The van der Waals surface area contributed by atoms with Crippen molar-refractivity contribution in [3.05, 3.63) is 42.7 Å². The van der Waals surface area contributed by atoms with Gasteiger partial charge in [0, 0.05) is 12.4 Å². The molecule has 0 saturated carbocycles. The van der Waals surface area contributed by atoms with Gasteiger partial charge in [-0.05, 0) is 30.3 Å². The van der Waals surface area contributed by atoms with Crippen LogP contribution in [0.15, 0.2) is 42.7 Å². The van der Waals surface area contributed by atoms with Gasteiger partial charge in [-0.3, -0.25) is 0 Å². The normalized spacial score (nSPS) is 10.5. The minimum Gasteiger partial charge on any atom is -0.406 e. The molecule has 0 aliphatic carbocycles. The topological polar surface area (TPSA) is 27.1 Å². The molecular formula is C12H13F3N2O. The van der Waals surface area contributed by atoms with Crippen LogP contribution in [-0.2, 0) is 0 Å². The third kappa shape index (κ3) is 4.12. The van der Waals surface area contributed by atoms with Gasteiger partial charge in [0.15, 0.2) is 0 Å². The van der Waals surface area contributed by atoms with Crippen LogP contribution < -0.4 is 4.74 Å². The minimum atomic E-state index is -4.66. The van der Waals surface area contributed by atoms with Crippen LogP contribution in [0.3, 0.4) is 0 Å². The monoisotopic (exact) mass is 258 g/mol. The largest absolute Gasteiger partial charge is 0.573 e. The highest BCUT2D eigenvalue weighted by molar-refractivity contribution is 5.36. The molecule has 0 saturated heterocycles. The van der Waals surface area contributed by atoms with Crippen molar-refractivity contribution in [3.63, 3.8) is 0 Å². The van der Waals surface area contributed by atoms with Gasteiger partial charge in [-0.1, -0.05) is 13.8 Å². The van der Waals surface area contributed by atoms with E-state index < -0.39 is 6.36 Å². The first kappa shape index (κ1) is 14.1. The zero-order valence-corrected chi connectivity index (χ0v) is 9.98. The van der Waals surface area contributed by atoms with Crippen LogP contribution in [0.1, 0.15) is 13.8 Å². The number of halogens is 3. The van der Waals surface area contributed by atoms with Crippen molar-refractivity contribution in [2.24, 2.45) is 0 Å². The summed E-state index contributed by atoms with van der Waals surface area (Å²) in [6.45, 7) is 4.00. The van der Waals surface area contributed by atoms with Gasteiger partial charge >= 0.3 is 6.36 Å². The molecule has 2 aromatic rings. The summed E-state index contributed by atoms with van der Waals surface area (Å²) in [6.07, 6.45) is -1.38. The lowest BCUT2D eigenvalue weighted by Crippen LogP contribution is -2.17. The van der Waals surface area contributed by atoms with Crippen LogP contribution in [0.4, 0.5) is 13.2 Å². The molecule has 6 heteroatoms. The van der Waals surface area contributed by atoms with Gasteiger partial charge in [0.25, 0.3) is 0 Å². The van der Waals surface area contributed by atoms with Crippen LogP contribution in [0.25, 0.3) is 5.69 Å². The molecule has 0 aliphatic rings. The molecule has 0 unspecified atom stereocenters. The summed E-state index contributed by atoms with van der Waals surface area (Å²) < 4.78 is 40.9. The van der Waals surface area contributed by atoms with Crippen molar-refractivity contribution < 1.29 is 17.9 Å². The number of aromatic nitrogens is 2. The van der Waals surface area contributed by atoms with Gasteiger partial charge in [-0.15, -0.1) is 13.2 Å². The molecule has 18 heavy (non-hydrogen) atoms. The van der Waals surface area contributed by atoms with E-state index in [1.165, 1.54) is 28.9 Å². The maximum atomic E-state index is 11.9. The van der Waals surface area contributed by atoms with Gasteiger partial charge in [-0.25, -0.2) is 4.68 Å². The number of nitrogens with zero attached hydrogens (tertiary/aromatic N) is 2. The third-order valence-corrected chi connectivity index (χ3v) is 1.84. The quantitative estimate of drug-likeness (QED) is 0.819. The highest BCUT2D eigenvalue weighted by Crippen LogP contribution is 2.23. The van der Waals surface area contributed by atoms with Crippen molar-refractivity contribution in [1.29, 1.82) is 0 Å². The summed E-state index contributed by atoms with van der Waals surface area (Å²) in [5.41, 5.74) is 0.666. The lowest BCUT2D eigenvalue weighted by molar-refractivity contribution is -0.274. The summed E-state index contributed by atoms with van der Waals surface area (Å²) in [5.74, 6) is -0.247. The zero-order valence-electron chi connectivity index (χ0n) is 9.98. The van der Waals surface area contributed by atoms with E-state index in [4.69, 9.17) is 0 Å². The lowest BCUT2D eigenvalue weighted by Gasteiger charge is -2.09. The molecule has 1 heterocycles. The van der Waals surface area contributed by atoms with E-state index in [9.17, 15) is 13.2 Å². The number of benzene rings is 1. The SMILES string of the molecule is CC.FC(F)(F)Oc1ccc(-n2cccn2)cc1. The van der Waals surface area contributed by atoms with Crippen LogP contribution in [-0.4, -0.2) is 16.1 Å². The number of hydrogen-bond acceptors (Lipinski definition) is 2. The molecular weight excluding hydrogens is 245 g/mol. The van der Waals surface area contributed by atoms with Gasteiger partial charge in [0.2, 0.25) is 0 Å². The molecule has 1 aromatic carbocycles. The minimum absolute atomic E-state index is 0.247. The first-order chi connectivity index (χ1) is 8.54. The van der Waals surface area contributed by atoms with E-state index in [1.807, 2.05) is 13.8 Å². The second-order valence-electron chi connectivity index (χ2n) is 2.99. The molecule has 2 rings (SSSR count). The van der Waals surface area contributed by atoms with Gasteiger partial charge < -0.3 is 4.74 Å². The Morgan fingerprint density at radius 2 is 1.72 bits per heavy atom. The lowest BCUT2D eigenvalue weighted by atomic mass is 10.3. The smallest absolute Gasteiger partial charge is 0.406 e. The molecule has 0 N–H and O–H groups in total. The van der Waals surface area contributed by atoms with Gasteiger partial charge in [0.1, 0.15) is 5.75 Å². The second-order valence-corrected chi connectivity index (χ2v) is 2.99. The Morgan fingerprint density at radius 1 is 1.11 bits per heavy atom. The molecule has 3 nitrogen and oxygen atoms in total. The number of ether oxygens (including phenoxy) is 1. The summed E-state index contributed by atoms with van der Waals surface area (Å²) in [7, 11) is 0. The molecule has 0 fully saturated rings. The fraction of sp³-hybridized carbons (Fsp3) is 0.250.